The molecule has 16 heavy (non-hydrogen) atoms. The van der Waals surface area contributed by atoms with Crippen LogP contribution < -0.4 is 10.1 Å². The van der Waals surface area contributed by atoms with Gasteiger partial charge in [0.1, 0.15) is 5.75 Å². The van der Waals surface area contributed by atoms with Gasteiger partial charge in [0.15, 0.2) is 0 Å². The molecule has 0 saturated carbocycles. The van der Waals surface area contributed by atoms with Crippen LogP contribution in [0.1, 0.15) is 31.4 Å². The van der Waals surface area contributed by atoms with Gasteiger partial charge in [-0.25, -0.2) is 0 Å². The van der Waals surface area contributed by atoms with E-state index >= 15 is 0 Å². The second-order valence-corrected chi connectivity index (χ2v) is 3.74. The van der Waals surface area contributed by atoms with Gasteiger partial charge >= 0.3 is 0 Å². The molecule has 0 spiro atoms. The molecule has 0 fully saturated rings. The highest BCUT2D eigenvalue weighted by molar-refractivity contribution is 5.29. The Labute approximate surface area is 97.4 Å². The third kappa shape index (κ3) is 3.83. The summed E-state index contributed by atoms with van der Waals surface area (Å²) < 4.78 is 5.47. The molecule has 0 bridgehead atoms. The SMILES string of the molecule is CCC(NC)c1ccc(OCCCO)cc1. The van der Waals surface area contributed by atoms with E-state index in [0.717, 1.165) is 12.2 Å². The molecule has 1 atom stereocenters. The van der Waals surface area contributed by atoms with Crippen LogP contribution in [0.15, 0.2) is 24.3 Å². The van der Waals surface area contributed by atoms with E-state index in [9.17, 15) is 0 Å². The first-order valence-electron chi connectivity index (χ1n) is 5.82. The standard InChI is InChI=1S/C13H21NO2/c1-3-13(14-2)11-5-7-12(8-6-11)16-10-4-9-15/h5-8,13-15H,3-4,9-10H2,1-2H3. The minimum absolute atomic E-state index is 0.176. The van der Waals surface area contributed by atoms with Crippen LogP contribution in [0.4, 0.5) is 0 Å². The lowest BCUT2D eigenvalue weighted by atomic mass is 10.1. The van der Waals surface area contributed by atoms with Crippen LogP contribution in [-0.4, -0.2) is 25.4 Å². The molecule has 0 aliphatic carbocycles. The molecule has 0 heterocycles. The molecule has 0 aliphatic heterocycles. The average Bonchev–Trinajstić information content (AvgIpc) is 2.33. The van der Waals surface area contributed by atoms with Crippen LogP contribution in [0.3, 0.4) is 0 Å². The van der Waals surface area contributed by atoms with Gasteiger partial charge in [0.05, 0.1) is 6.61 Å². The first-order chi connectivity index (χ1) is 7.81. The predicted molar refractivity (Wildman–Crippen MR) is 65.7 cm³/mol. The van der Waals surface area contributed by atoms with Crippen molar-refractivity contribution in [3.05, 3.63) is 29.8 Å². The van der Waals surface area contributed by atoms with E-state index < -0.39 is 0 Å². The van der Waals surface area contributed by atoms with Crippen molar-refractivity contribution in [2.24, 2.45) is 0 Å². The van der Waals surface area contributed by atoms with Gasteiger partial charge in [-0.3, -0.25) is 0 Å². The highest BCUT2D eigenvalue weighted by atomic mass is 16.5. The molecule has 0 aliphatic rings. The smallest absolute Gasteiger partial charge is 0.119 e. The Morgan fingerprint density at radius 2 is 2.00 bits per heavy atom. The summed E-state index contributed by atoms with van der Waals surface area (Å²) in [5.74, 6) is 0.864. The summed E-state index contributed by atoms with van der Waals surface area (Å²) in [4.78, 5) is 0. The zero-order valence-electron chi connectivity index (χ0n) is 10.1. The van der Waals surface area contributed by atoms with Gasteiger partial charge in [-0.15, -0.1) is 0 Å². The Hall–Kier alpha value is -1.06. The maximum absolute atomic E-state index is 8.64. The molecule has 0 aromatic heterocycles. The van der Waals surface area contributed by atoms with Gasteiger partial charge in [0.2, 0.25) is 0 Å². The summed E-state index contributed by atoms with van der Waals surface area (Å²) in [6.45, 7) is 2.90. The van der Waals surface area contributed by atoms with Crippen LogP contribution in [0.25, 0.3) is 0 Å². The Bertz CT molecular complexity index is 280. The molecule has 1 rings (SSSR count). The van der Waals surface area contributed by atoms with Crippen molar-refractivity contribution >= 4 is 0 Å². The lowest BCUT2D eigenvalue weighted by Gasteiger charge is -2.14. The topological polar surface area (TPSA) is 41.5 Å². The van der Waals surface area contributed by atoms with Crippen molar-refractivity contribution in [3.8, 4) is 5.75 Å². The third-order valence-corrected chi connectivity index (χ3v) is 2.61. The van der Waals surface area contributed by atoms with Gasteiger partial charge in [-0.05, 0) is 31.2 Å². The van der Waals surface area contributed by atoms with Crippen LogP contribution in [0.2, 0.25) is 0 Å². The molecule has 2 N–H and O–H groups in total. The van der Waals surface area contributed by atoms with E-state index in [0.29, 0.717) is 19.1 Å². The molecule has 3 nitrogen and oxygen atoms in total. The largest absolute Gasteiger partial charge is 0.494 e. The van der Waals surface area contributed by atoms with Crippen molar-refractivity contribution in [1.82, 2.24) is 5.32 Å². The fraction of sp³-hybridized carbons (Fsp3) is 0.538. The van der Waals surface area contributed by atoms with E-state index in [1.54, 1.807) is 0 Å². The number of hydrogen-bond acceptors (Lipinski definition) is 3. The number of benzene rings is 1. The van der Waals surface area contributed by atoms with Gasteiger partial charge in [0.25, 0.3) is 0 Å². The fourth-order valence-electron chi connectivity index (χ4n) is 1.66. The lowest BCUT2D eigenvalue weighted by molar-refractivity contribution is 0.233. The monoisotopic (exact) mass is 223 g/mol. The first-order valence-corrected chi connectivity index (χ1v) is 5.82. The number of ether oxygens (including phenoxy) is 1. The zero-order chi connectivity index (χ0) is 11.8. The fourth-order valence-corrected chi connectivity index (χ4v) is 1.66. The average molecular weight is 223 g/mol. The van der Waals surface area contributed by atoms with Gasteiger partial charge in [0, 0.05) is 19.1 Å². The third-order valence-electron chi connectivity index (χ3n) is 2.61. The van der Waals surface area contributed by atoms with Crippen LogP contribution >= 0.6 is 0 Å². The summed E-state index contributed by atoms with van der Waals surface area (Å²) in [5, 5.41) is 11.9. The molecule has 1 unspecified atom stereocenters. The quantitative estimate of drug-likeness (QED) is 0.696. The molecule has 1 aromatic rings. The molecular formula is C13H21NO2. The molecule has 90 valence electrons. The first kappa shape index (κ1) is 13.0. The van der Waals surface area contributed by atoms with Crippen molar-refractivity contribution in [3.63, 3.8) is 0 Å². The molecule has 0 radical (unpaired) electrons. The minimum atomic E-state index is 0.176. The summed E-state index contributed by atoms with van der Waals surface area (Å²) in [6.07, 6.45) is 1.75. The van der Waals surface area contributed by atoms with Crippen molar-refractivity contribution < 1.29 is 9.84 Å². The summed E-state index contributed by atoms with van der Waals surface area (Å²) >= 11 is 0. The van der Waals surface area contributed by atoms with E-state index in [4.69, 9.17) is 9.84 Å². The summed E-state index contributed by atoms with van der Waals surface area (Å²) in [5.41, 5.74) is 1.28. The van der Waals surface area contributed by atoms with Crippen molar-refractivity contribution in [1.29, 1.82) is 0 Å². The van der Waals surface area contributed by atoms with Crippen molar-refractivity contribution in [2.75, 3.05) is 20.3 Å². The second-order valence-electron chi connectivity index (χ2n) is 3.74. The normalized spacial score (nSPS) is 12.4. The van der Waals surface area contributed by atoms with Crippen molar-refractivity contribution in [2.45, 2.75) is 25.8 Å². The van der Waals surface area contributed by atoms with Crippen LogP contribution in [0, 0.1) is 0 Å². The van der Waals surface area contributed by atoms with Crippen LogP contribution in [0.5, 0.6) is 5.75 Å². The Morgan fingerprint density at radius 3 is 2.50 bits per heavy atom. The molecule has 1 aromatic carbocycles. The van der Waals surface area contributed by atoms with Gasteiger partial charge in [-0.1, -0.05) is 19.1 Å². The maximum Gasteiger partial charge on any atom is 0.119 e. The number of aliphatic hydroxyl groups excluding tert-OH is 1. The zero-order valence-corrected chi connectivity index (χ0v) is 10.1. The molecule has 3 heteroatoms. The lowest BCUT2D eigenvalue weighted by Crippen LogP contribution is -2.14. The molecule has 0 amide bonds. The van der Waals surface area contributed by atoms with E-state index in [1.807, 2.05) is 19.2 Å². The van der Waals surface area contributed by atoms with E-state index in [1.165, 1.54) is 5.56 Å². The minimum Gasteiger partial charge on any atom is -0.494 e. The highest BCUT2D eigenvalue weighted by Gasteiger charge is 2.05. The Balaban J connectivity index is 2.53. The summed E-state index contributed by atoms with van der Waals surface area (Å²) in [6, 6.07) is 8.53. The van der Waals surface area contributed by atoms with Crippen LogP contribution in [-0.2, 0) is 0 Å². The highest BCUT2D eigenvalue weighted by Crippen LogP contribution is 2.19. The molecular weight excluding hydrogens is 202 g/mol. The second kappa shape index (κ2) is 7.25. The number of hydrogen-bond donors (Lipinski definition) is 2. The Kier molecular flexibility index (Phi) is 5.90. The number of aliphatic hydroxyl groups is 1. The number of rotatable bonds is 7. The van der Waals surface area contributed by atoms with Gasteiger partial charge in [-0.2, -0.15) is 0 Å². The summed E-state index contributed by atoms with van der Waals surface area (Å²) in [7, 11) is 1.97. The number of nitrogens with one attached hydrogen (secondary N) is 1. The predicted octanol–water partition coefficient (Wildman–Crippen LogP) is 2.12. The van der Waals surface area contributed by atoms with E-state index in [2.05, 4.69) is 24.4 Å². The van der Waals surface area contributed by atoms with Gasteiger partial charge < -0.3 is 15.2 Å². The van der Waals surface area contributed by atoms with E-state index in [-0.39, 0.29) is 6.61 Å². The Morgan fingerprint density at radius 1 is 1.31 bits per heavy atom. The molecule has 0 saturated heterocycles. The maximum atomic E-state index is 8.64.